The molecule has 0 saturated carbocycles. The highest BCUT2D eigenvalue weighted by Gasteiger charge is 2.30. The molecular weight excluding hydrogens is 445 g/mol. The van der Waals surface area contributed by atoms with E-state index in [1.807, 2.05) is 0 Å². The van der Waals surface area contributed by atoms with Crippen LogP contribution in [-0.4, -0.2) is 21.3 Å². The van der Waals surface area contributed by atoms with Gasteiger partial charge in [-0.2, -0.15) is 13.2 Å². The number of nitrogens with zero attached hydrogens (tertiary/aromatic N) is 2. The van der Waals surface area contributed by atoms with Crippen molar-refractivity contribution in [2.45, 2.75) is 12.7 Å². The molecule has 2 amide bonds. The number of rotatable bonds is 6. The van der Waals surface area contributed by atoms with Crippen molar-refractivity contribution in [3.63, 3.8) is 0 Å². The third-order valence-corrected chi connectivity index (χ3v) is 4.35. The van der Waals surface area contributed by atoms with Crippen LogP contribution in [0, 0.1) is 10.1 Å². The minimum atomic E-state index is -4.56. The van der Waals surface area contributed by atoms with Crippen molar-refractivity contribution in [1.82, 2.24) is 4.57 Å². The number of benzene rings is 2. The molecule has 9 nitrogen and oxygen atoms in total. The van der Waals surface area contributed by atoms with Gasteiger partial charge < -0.3 is 10.6 Å². The van der Waals surface area contributed by atoms with Gasteiger partial charge in [0.1, 0.15) is 6.54 Å². The summed E-state index contributed by atoms with van der Waals surface area (Å²) in [5.41, 5.74) is -1.74. The Morgan fingerprint density at radius 3 is 2.30 bits per heavy atom. The summed E-state index contributed by atoms with van der Waals surface area (Å²) >= 11 is 0. The van der Waals surface area contributed by atoms with Crippen molar-refractivity contribution in [3.05, 3.63) is 98.5 Å². The number of halogens is 3. The van der Waals surface area contributed by atoms with E-state index in [0.29, 0.717) is 0 Å². The lowest BCUT2D eigenvalue weighted by atomic mass is 10.1. The minimum Gasteiger partial charge on any atom is -0.325 e. The molecule has 33 heavy (non-hydrogen) atoms. The van der Waals surface area contributed by atoms with Crippen molar-refractivity contribution >= 4 is 28.9 Å². The van der Waals surface area contributed by atoms with Gasteiger partial charge in [0.2, 0.25) is 5.91 Å². The Hall–Kier alpha value is -4.48. The molecule has 170 valence electrons. The fourth-order valence-electron chi connectivity index (χ4n) is 2.82. The molecule has 0 aliphatic heterocycles. The standard InChI is InChI=1S/C21H15F3N4O5/c22-21(23,24)14-4-2-6-16(10-14)26-20(31)13-3-1-5-15(9-13)25-18(29)12-27-11-17(28(32)33)7-8-19(27)30/h1-11H,12H2,(H,25,29)(H,26,31). The molecule has 1 aromatic heterocycles. The summed E-state index contributed by atoms with van der Waals surface area (Å²) in [6.45, 7) is -0.513. The predicted molar refractivity (Wildman–Crippen MR) is 112 cm³/mol. The number of carbonyl (C=O) groups excluding carboxylic acids is 2. The zero-order valence-corrected chi connectivity index (χ0v) is 16.6. The topological polar surface area (TPSA) is 123 Å². The van der Waals surface area contributed by atoms with E-state index in [0.717, 1.165) is 41.1 Å². The highest BCUT2D eigenvalue weighted by molar-refractivity contribution is 6.05. The largest absolute Gasteiger partial charge is 0.416 e. The van der Waals surface area contributed by atoms with Gasteiger partial charge in [-0.1, -0.05) is 12.1 Å². The van der Waals surface area contributed by atoms with Gasteiger partial charge in [-0.15, -0.1) is 0 Å². The van der Waals surface area contributed by atoms with Gasteiger partial charge in [-0.05, 0) is 36.4 Å². The van der Waals surface area contributed by atoms with Crippen molar-refractivity contribution in [3.8, 4) is 0 Å². The lowest BCUT2D eigenvalue weighted by Crippen LogP contribution is -2.27. The molecule has 0 unspecified atom stereocenters. The molecular formula is C21H15F3N4O5. The van der Waals surface area contributed by atoms with E-state index >= 15 is 0 Å². The summed E-state index contributed by atoms with van der Waals surface area (Å²) in [6, 6.07) is 11.7. The first kappa shape index (κ1) is 23.2. The first-order valence-corrected chi connectivity index (χ1v) is 9.26. The number of aromatic nitrogens is 1. The molecule has 12 heteroatoms. The quantitative estimate of drug-likeness (QED) is 0.429. The SMILES string of the molecule is O=C(Cn1cc([N+](=O)[O-])ccc1=O)Nc1cccc(C(=O)Nc2cccc(C(F)(F)F)c2)c1. The maximum atomic E-state index is 12.8. The van der Waals surface area contributed by atoms with Crippen LogP contribution in [0.1, 0.15) is 15.9 Å². The van der Waals surface area contributed by atoms with Crippen LogP contribution in [0.15, 0.2) is 71.7 Å². The van der Waals surface area contributed by atoms with Gasteiger partial charge >= 0.3 is 6.18 Å². The summed E-state index contributed by atoms with van der Waals surface area (Å²) in [4.78, 5) is 46.7. The minimum absolute atomic E-state index is 0.0535. The molecule has 0 atom stereocenters. The third-order valence-electron chi connectivity index (χ3n) is 4.35. The monoisotopic (exact) mass is 460 g/mol. The number of anilines is 2. The van der Waals surface area contributed by atoms with Crippen molar-refractivity contribution in [1.29, 1.82) is 0 Å². The van der Waals surface area contributed by atoms with Crippen LogP contribution in [0.25, 0.3) is 0 Å². The number of nitrogens with one attached hydrogen (secondary N) is 2. The number of amides is 2. The number of hydrogen-bond donors (Lipinski definition) is 2. The van der Waals surface area contributed by atoms with Gasteiger partial charge in [0.05, 0.1) is 16.7 Å². The van der Waals surface area contributed by atoms with Crippen LogP contribution in [0.4, 0.5) is 30.2 Å². The van der Waals surface area contributed by atoms with Gasteiger partial charge in [-0.25, -0.2) is 0 Å². The van der Waals surface area contributed by atoms with Crippen LogP contribution in [0.3, 0.4) is 0 Å². The van der Waals surface area contributed by atoms with E-state index in [4.69, 9.17) is 0 Å². The summed E-state index contributed by atoms with van der Waals surface area (Å²) in [7, 11) is 0. The van der Waals surface area contributed by atoms with E-state index in [1.165, 1.54) is 30.3 Å². The number of carbonyl (C=O) groups is 2. The number of nitro groups is 1. The Labute approximate surface area is 183 Å². The highest BCUT2D eigenvalue weighted by Crippen LogP contribution is 2.30. The Morgan fingerprint density at radius 1 is 0.970 bits per heavy atom. The molecule has 0 radical (unpaired) electrons. The summed E-state index contributed by atoms with van der Waals surface area (Å²) in [5.74, 6) is -1.40. The lowest BCUT2D eigenvalue weighted by molar-refractivity contribution is -0.385. The fraction of sp³-hybridized carbons (Fsp3) is 0.0952. The van der Waals surface area contributed by atoms with E-state index in [-0.39, 0.29) is 22.6 Å². The third kappa shape index (κ3) is 6.03. The zero-order valence-electron chi connectivity index (χ0n) is 16.6. The second kappa shape index (κ2) is 9.34. The smallest absolute Gasteiger partial charge is 0.325 e. The van der Waals surface area contributed by atoms with Crippen LogP contribution >= 0.6 is 0 Å². The van der Waals surface area contributed by atoms with Gasteiger partial charge in [0.15, 0.2) is 0 Å². The molecule has 2 N–H and O–H groups in total. The Balaban J connectivity index is 1.70. The Kier molecular flexibility index (Phi) is 6.56. The Bertz CT molecular complexity index is 1290. The van der Waals surface area contributed by atoms with Gasteiger partial charge in [0, 0.05) is 29.1 Å². The Morgan fingerprint density at radius 2 is 1.64 bits per heavy atom. The molecule has 0 aliphatic carbocycles. The molecule has 1 heterocycles. The maximum Gasteiger partial charge on any atom is 0.416 e. The van der Waals surface area contributed by atoms with Crippen molar-refractivity contribution in [2.24, 2.45) is 0 Å². The molecule has 0 bridgehead atoms. The molecule has 0 fully saturated rings. The number of alkyl halides is 3. The van der Waals surface area contributed by atoms with Crippen molar-refractivity contribution < 1.29 is 27.7 Å². The van der Waals surface area contributed by atoms with E-state index in [9.17, 15) is 37.7 Å². The first-order valence-electron chi connectivity index (χ1n) is 9.26. The summed E-state index contributed by atoms with van der Waals surface area (Å²) < 4.78 is 39.4. The van der Waals surface area contributed by atoms with Crippen LogP contribution in [-0.2, 0) is 17.5 Å². The first-order chi connectivity index (χ1) is 15.5. The maximum absolute atomic E-state index is 12.8. The highest BCUT2D eigenvalue weighted by atomic mass is 19.4. The van der Waals surface area contributed by atoms with Gasteiger partial charge in [-0.3, -0.25) is 29.1 Å². The summed E-state index contributed by atoms with van der Waals surface area (Å²) in [6.07, 6.45) is -3.63. The molecule has 0 aliphatic rings. The number of hydrogen-bond acceptors (Lipinski definition) is 5. The fourth-order valence-corrected chi connectivity index (χ4v) is 2.82. The number of pyridine rings is 1. The molecule has 3 rings (SSSR count). The van der Waals surface area contributed by atoms with E-state index in [1.54, 1.807) is 0 Å². The van der Waals surface area contributed by atoms with Crippen LogP contribution < -0.4 is 16.2 Å². The van der Waals surface area contributed by atoms with Gasteiger partial charge in [0.25, 0.3) is 17.2 Å². The second-order valence-corrected chi connectivity index (χ2v) is 6.77. The predicted octanol–water partition coefficient (Wildman–Crippen LogP) is 3.67. The van der Waals surface area contributed by atoms with E-state index in [2.05, 4.69) is 10.6 Å². The molecule has 3 aromatic rings. The average Bonchev–Trinajstić information content (AvgIpc) is 2.75. The molecule has 0 saturated heterocycles. The van der Waals surface area contributed by atoms with Crippen molar-refractivity contribution in [2.75, 3.05) is 10.6 Å². The summed E-state index contributed by atoms with van der Waals surface area (Å²) in [5, 5.41) is 15.6. The molecule has 0 spiro atoms. The van der Waals surface area contributed by atoms with E-state index < -0.39 is 40.6 Å². The normalized spacial score (nSPS) is 11.0. The van der Waals surface area contributed by atoms with Crippen LogP contribution in [0.5, 0.6) is 0 Å². The zero-order chi connectivity index (χ0) is 24.2. The van der Waals surface area contributed by atoms with Crippen LogP contribution in [0.2, 0.25) is 0 Å². The average molecular weight is 460 g/mol. The molecule has 2 aromatic carbocycles. The lowest BCUT2D eigenvalue weighted by Gasteiger charge is -2.11. The second-order valence-electron chi connectivity index (χ2n) is 6.77.